The lowest BCUT2D eigenvalue weighted by atomic mass is 10.3. The predicted molar refractivity (Wildman–Crippen MR) is 76.5 cm³/mol. The first-order chi connectivity index (χ1) is 10.1. The molecule has 0 aliphatic rings. The molecule has 0 heterocycles. The fraction of sp³-hybridized carbons (Fsp3) is 0.133. The van der Waals surface area contributed by atoms with Gasteiger partial charge in [-0.3, -0.25) is 4.79 Å². The normalized spacial score (nSPS) is 10.0. The molecule has 0 aliphatic carbocycles. The summed E-state index contributed by atoms with van der Waals surface area (Å²) >= 11 is 0. The highest BCUT2D eigenvalue weighted by Gasteiger charge is 2.04. The van der Waals surface area contributed by atoms with Gasteiger partial charge < -0.3 is 15.4 Å². The number of rotatable bonds is 5. The van der Waals surface area contributed by atoms with Crippen LogP contribution in [-0.2, 0) is 4.79 Å². The van der Waals surface area contributed by atoms with Crippen LogP contribution in [0.5, 0.6) is 5.75 Å². The van der Waals surface area contributed by atoms with E-state index in [4.69, 9.17) is 4.74 Å². The monoisotopic (exact) mass is 292 g/mol. The maximum absolute atomic E-state index is 13.0. The van der Waals surface area contributed by atoms with E-state index in [-0.39, 0.29) is 18.1 Å². The zero-order valence-electron chi connectivity index (χ0n) is 11.3. The number of anilines is 2. The average molecular weight is 292 g/mol. The highest BCUT2D eigenvalue weighted by atomic mass is 19.1. The molecule has 0 saturated carbocycles. The lowest BCUT2D eigenvalue weighted by Crippen LogP contribution is -2.21. The van der Waals surface area contributed by atoms with Crippen molar-refractivity contribution in [2.24, 2.45) is 0 Å². The third-order valence-corrected chi connectivity index (χ3v) is 2.69. The van der Waals surface area contributed by atoms with E-state index in [1.54, 1.807) is 31.4 Å². The van der Waals surface area contributed by atoms with Crippen LogP contribution in [0, 0.1) is 11.6 Å². The first-order valence-electron chi connectivity index (χ1n) is 6.20. The molecule has 0 saturated heterocycles. The number of methoxy groups -OCH3 is 1. The van der Waals surface area contributed by atoms with E-state index in [2.05, 4.69) is 10.6 Å². The Bertz CT molecular complexity index is 610. The zero-order chi connectivity index (χ0) is 15.2. The molecule has 2 aromatic rings. The maximum Gasteiger partial charge on any atom is 0.243 e. The van der Waals surface area contributed by atoms with E-state index in [9.17, 15) is 13.6 Å². The third-order valence-electron chi connectivity index (χ3n) is 2.69. The fourth-order valence-electron chi connectivity index (χ4n) is 1.72. The van der Waals surface area contributed by atoms with Crippen molar-refractivity contribution in [3.05, 3.63) is 54.1 Å². The van der Waals surface area contributed by atoms with Gasteiger partial charge in [-0.05, 0) is 36.4 Å². The van der Waals surface area contributed by atoms with E-state index in [0.717, 1.165) is 18.2 Å². The molecule has 2 aromatic carbocycles. The Morgan fingerprint density at radius 1 is 1.05 bits per heavy atom. The summed E-state index contributed by atoms with van der Waals surface area (Å²) in [5.74, 6) is -1.05. The molecule has 21 heavy (non-hydrogen) atoms. The molecular formula is C15H14F2N2O2. The summed E-state index contributed by atoms with van der Waals surface area (Å²) in [6.07, 6.45) is 0. The van der Waals surface area contributed by atoms with E-state index < -0.39 is 11.6 Å². The molecule has 0 aliphatic heterocycles. The Balaban J connectivity index is 1.89. The first-order valence-corrected chi connectivity index (χ1v) is 6.20. The fourth-order valence-corrected chi connectivity index (χ4v) is 1.72. The molecule has 6 heteroatoms. The largest absolute Gasteiger partial charge is 0.497 e. The van der Waals surface area contributed by atoms with Crippen LogP contribution in [-0.4, -0.2) is 19.6 Å². The van der Waals surface area contributed by atoms with Crippen LogP contribution >= 0.6 is 0 Å². The molecule has 110 valence electrons. The first kappa shape index (κ1) is 14.8. The summed E-state index contributed by atoms with van der Waals surface area (Å²) in [5.41, 5.74) is 0.811. The topological polar surface area (TPSA) is 50.4 Å². The van der Waals surface area contributed by atoms with Gasteiger partial charge in [-0.25, -0.2) is 8.78 Å². The molecule has 0 spiro atoms. The quantitative estimate of drug-likeness (QED) is 0.890. The molecule has 0 unspecified atom stereocenters. The zero-order valence-corrected chi connectivity index (χ0v) is 11.3. The number of nitrogens with one attached hydrogen (secondary N) is 2. The van der Waals surface area contributed by atoms with Crippen molar-refractivity contribution in [2.75, 3.05) is 24.3 Å². The van der Waals surface area contributed by atoms with Gasteiger partial charge in [0.1, 0.15) is 17.4 Å². The molecule has 0 bridgehead atoms. The highest BCUT2D eigenvalue weighted by molar-refractivity contribution is 5.93. The summed E-state index contributed by atoms with van der Waals surface area (Å²) in [5, 5.41) is 5.30. The van der Waals surface area contributed by atoms with Gasteiger partial charge in [-0.15, -0.1) is 0 Å². The molecule has 1 amide bonds. The Hall–Kier alpha value is -2.63. The Labute approximate surface area is 120 Å². The molecule has 0 aromatic heterocycles. The summed E-state index contributed by atoms with van der Waals surface area (Å²) in [7, 11) is 1.55. The summed E-state index contributed by atoms with van der Waals surface area (Å²) in [6, 6.07) is 9.81. The molecule has 4 nitrogen and oxygen atoms in total. The van der Waals surface area contributed by atoms with Crippen LogP contribution in [0.1, 0.15) is 0 Å². The van der Waals surface area contributed by atoms with E-state index in [0.29, 0.717) is 11.4 Å². The number of carbonyl (C=O) groups excluding carboxylic acids is 1. The second-order valence-electron chi connectivity index (χ2n) is 4.29. The van der Waals surface area contributed by atoms with Crippen molar-refractivity contribution in [2.45, 2.75) is 0 Å². The number of hydrogen-bond acceptors (Lipinski definition) is 3. The van der Waals surface area contributed by atoms with Gasteiger partial charge >= 0.3 is 0 Å². The van der Waals surface area contributed by atoms with Gasteiger partial charge in [-0.2, -0.15) is 0 Å². The van der Waals surface area contributed by atoms with Crippen LogP contribution in [0.3, 0.4) is 0 Å². The summed E-state index contributed by atoms with van der Waals surface area (Å²) in [6.45, 7) is -0.102. The van der Waals surface area contributed by atoms with E-state index >= 15 is 0 Å². The van der Waals surface area contributed by atoms with E-state index in [1.165, 1.54) is 0 Å². The number of amides is 1. The number of carbonyl (C=O) groups is 1. The standard InChI is InChI=1S/C15H14F2N2O2/c1-21-14-4-2-12(3-5-14)19-15(20)9-18-13-7-10(16)6-11(17)8-13/h2-8,18H,9H2,1H3,(H,19,20). The van der Waals surface area contributed by atoms with Crippen LogP contribution in [0.25, 0.3) is 0 Å². The number of ether oxygens (including phenoxy) is 1. The van der Waals surface area contributed by atoms with Gasteiger partial charge in [0.2, 0.25) is 5.91 Å². The molecule has 0 atom stereocenters. The van der Waals surface area contributed by atoms with Gasteiger partial charge in [0.25, 0.3) is 0 Å². The average Bonchev–Trinajstić information content (AvgIpc) is 2.45. The van der Waals surface area contributed by atoms with Gasteiger partial charge in [0.05, 0.1) is 13.7 Å². The second kappa shape index (κ2) is 6.69. The van der Waals surface area contributed by atoms with Crippen molar-refractivity contribution < 1.29 is 18.3 Å². The van der Waals surface area contributed by atoms with Gasteiger partial charge in [0, 0.05) is 17.4 Å². The lowest BCUT2D eigenvalue weighted by molar-refractivity contribution is -0.114. The van der Waals surface area contributed by atoms with Crippen molar-refractivity contribution in [3.63, 3.8) is 0 Å². The number of hydrogen-bond donors (Lipinski definition) is 2. The van der Waals surface area contributed by atoms with Crippen LogP contribution in [0.15, 0.2) is 42.5 Å². The smallest absolute Gasteiger partial charge is 0.243 e. The minimum atomic E-state index is -0.701. The summed E-state index contributed by atoms with van der Waals surface area (Å²) in [4.78, 5) is 11.7. The van der Waals surface area contributed by atoms with Crippen molar-refractivity contribution >= 4 is 17.3 Å². The van der Waals surface area contributed by atoms with Crippen molar-refractivity contribution in [3.8, 4) is 5.75 Å². The molecule has 2 N–H and O–H groups in total. The third kappa shape index (κ3) is 4.45. The highest BCUT2D eigenvalue weighted by Crippen LogP contribution is 2.15. The minimum absolute atomic E-state index is 0.102. The summed E-state index contributed by atoms with van der Waals surface area (Å²) < 4.78 is 31.0. The predicted octanol–water partition coefficient (Wildman–Crippen LogP) is 3.02. The van der Waals surface area contributed by atoms with E-state index in [1.807, 2.05) is 0 Å². The molecular weight excluding hydrogens is 278 g/mol. The Kier molecular flexibility index (Phi) is 4.71. The number of benzene rings is 2. The molecule has 0 radical (unpaired) electrons. The SMILES string of the molecule is COc1ccc(NC(=O)CNc2cc(F)cc(F)c2)cc1. The van der Waals surface area contributed by atoms with Crippen molar-refractivity contribution in [1.29, 1.82) is 0 Å². The van der Waals surface area contributed by atoms with Crippen LogP contribution in [0.2, 0.25) is 0 Å². The van der Waals surface area contributed by atoms with Crippen LogP contribution < -0.4 is 15.4 Å². The van der Waals surface area contributed by atoms with Crippen LogP contribution in [0.4, 0.5) is 20.2 Å². The maximum atomic E-state index is 13.0. The second-order valence-corrected chi connectivity index (χ2v) is 4.29. The number of halogens is 2. The lowest BCUT2D eigenvalue weighted by Gasteiger charge is -2.08. The molecule has 0 fully saturated rings. The van der Waals surface area contributed by atoms with Gasteiger partial charge in [-0.1, -0.05) is 0 Å². The Morgan fingerprint density at radius 2 is 1.67 bits per heavy atom. The Morgan fingerprint density at radius 3 is 2.24 bits per heavy atom. The van der Waals surface area contributed by atoms with Crippen molar-refractivity contribution in [1.82, 2.24) is 0 Å². The molecule has 2 rings (SSSR count). The minimum Gasteiger partial charge on any atom is -0.497 e. The van der Waals surface area contributed by atoms with Gasteiger partial charge in [0.15, 0.2) is 0 Å².